The van der Waals surface area contributed by atoms with Crippen molar-refractivity contribution >= 4 is 5.82 Å². The van der Waals surface area contributed by atoms with Crippen LogP contribution in [0.4, 0.5) is 14.6 Å². The molecule has 9 heteroatoms. The molecule has 0 spiro atoms. The van der Waals surface area contributed by atoms with Crippen LogP contribution in [0.25, 0.3) is 0 Å². The summed E-state index contributed by atoms with van der Waals surface area (Å²) in [6.07, 6.45) is -5.23. The minimum atomic E-state index is -3.74. The Morgan fingerprint density at radius 1 is 1.62 bits per heavy atom. The van der Waals surface area contributed by atoms with Crippen molar-refractivity contribution in [3.05, 3.63) is 22.7 Å². The summed E-state index contributed by atoms with van der Waals surface area (Å²) >= 11 is 0. The summed E-state index contributed by atoms with van der Waals surface area (Å²) in [5.41, 5.74) is 4.28. The molecule has 118 valence electrons. The largest absolute Gasteiger partial charge is 0.390 e. The highest BCUT2D eigenvalue weighted by molar-refractivity contribution is 5.23. The van der Waals surface area contributed by atoms with Gasteiger partial charge in [-0.25, -0.2) is 4.79 Å². The zero-order valence-electron chi connectivity index (χ0n) is 11.3. The molecule has 0 unspecified atom stereocenters. The van der Waals surface area contributed by atoms with E-state index in [1.165, 1.54) is 6.07 Å². The summed E-state index contributed by atoms with van der Waals surface area (Å²) in [6.45, 7) is 1.76. The quantitative estimate of drug-likeness (QED) is 0.715. The van der Waals surface area contributed by atoms with Crippen LogP contribution in [0.5, 0.6) is 0 Å². The maximum atomic E-state index is 14.1. The van der Waals surface area contributed by atoms with Crippen molar-refractivity contribution < 1.29 is 23.7 Å². The zero-order chi connectivity index (χ0) is 15.8. The van der Waals surface area contributed by atoms with E-state index in [2.05, 4.69) is 4.98 Å². The van der Waals surface area contributed by atoms with Crippen LogP contribution in [-0.2, 0) is 4.74 Å². The molecule has 0 aromatic carbocycles. The number of nitrogen functional groups attached to an aromatic ring is 1. The monoisotopic (exact) mass is 305 g/mol. The Morgan fingerprint density at radius 3 is 2.86 bits per heavy atom. The van der Waals surface area contributed by atoms with Crippen molar-refractivity contribution in [2.24, 2.45) is 0 Å². The average Bonchev–Trinajstić information content (AvgIpc) is 2.62. The summed E-state index contributed by atoms with van der Waals surface area (Å²) < 4.78 is 33.8. The molecule has 1 aliphatic rings. The van der Waals surface area contributed by atoms with Crippen LogP contribution >= 0.6 is 0 Å². The van der Waals surface area contributed by atoms with Crippen LogP contribution in [0.2, 0.25) is 0 Å². The van der Waals surface area contributed by atoms with Crippen LogP contribution in [0.15, 0.2) is 17.1 Å². The minimum absolute atomic E-state index is 0.110. The number of rotatable bonds is 4. The van der Waals surface area contributed by atoms with Crippen molar-refractivity contribution in [1.29, 1.82) is 0 Å². The fourth-order valence-electron chi connectivity index (χ4n) is 2.30. The van der Waals surface area contributed by atoms with Crippen LogP contribution in [0.3, 0.4) is 0 Å². The molecule has 21 heavy (non-hydrogen) atoms. The molecule has 1 aromatic rings. The third-order valence-electron chi connectivity index (χ3n) is 3.39. The first-order valence-electron chi connectivity index (χ1n) is 6.53. The SMILES string of the molecule is CCC[C@H](O)[C@H]1O[C@@H](n2ccc(N)nc2=O)C(F)(F)[C@@H]1O. The van der Waals surface area contributed by atoms with Gasteiger partial charge in [0.25, 0.3) is 0 Å². The normalized spacial score (nSPS) is 29.5. The second-order valence-corrected chi connectivity index (χ2v) is 4.97. The Bertz CT molecular complexity index is 566. The molecule has 0 aliphatic carbocycles. The molecular formula is C12H17F2N3O4. The zero-order valence-corrected chi connectivity index (χ0v) is 11.3. The molecule has 4 atom stereocenters. The Hall–Kier alpha value is -1.58. The highest BCUT2D eigenvalue weighted by atomic mass is 19.3. The van der Waals surface area contributed by atoms with Crippen LogP contribution in [0, 0.1) is 0 Å². The molecule has 2 heterocycles. The molecule has 0 radical (unpaired) electrons. The average molecular weight is 305 g/mol. The van der Waals surface area contributed by atoms with E-state index in [-0.39, 0.29) is 12.2 Å². The Kier molecular flexibility index (Phi) is 4.26. The number of hydrogen-bond acceptors (Lipinski definition) is 6. The van der Waals surface area contributed by atoms with Gasteiger partial charge in [0.05, 0.1) is 6.10 Å². The van der Waals surface area contributed by atoms with Gasteiger partial charge in [0.15, 0.2) is 6.10 Å². The predicted octanol–water partition coefficient (Wildman–Crippen LogP) is -0.120. The second kappa shape index (κ2) is 5.66. The molecular weight excluding hydrogens is 288 g/mol. The van der Waals surface area contributed by atoms with Gasteiger partial charge in [-0.2, -0.15) is 13.8 Å². The van der Waals surface area contributed by atoms with Crippen LogP contribution in [-0.4, -0.2) is 44.0 Å². The highest BCUT2D eigenvalue weighted by Crippen LogP contribution is 2.43. The van der Waals surface area contributed by atoms with E-state index in [4.69, 9.17) is 10.5 Å². The number of aliphatic hydroxyl groups excluding tert-OH is 2. The van der Waals surface area contributed by atoms with Gasteiger partial charge in [0.2, 0.25) is 6.23 Å². The smallest absolute Gasteiger partial charge is 0.351 e. The molecule has 1 saturated heterocycles. The topological polar surface area (TPSA) is 111 Å². The van der Waals surface area contributed by atoms with Gasteiger partial charge in [-0.05, 0) is 12.5 Å². The fraction of sp³-hybridized carbons (Fsp3) is 0.667. The maximum Gasteiger partial charge on any atom is 0.351 e. The molecule has 1 aromatic heterocycles. The summed E-state index contributed by atoms with van der Waals surface area (Å²) in [5.74, 6) is -3.85. The van der Waals surface area contributed by atoms with E-state index in [9.17, 15) is 23.8 Å². The predicted molar refractivity (Wildman–Crippen MR) is 68.7 cm³/mol. The van der Waals surface area contributed by atoms with Gasteiger partial charge >= 0.3 is 11.6 Å². The van der Waals surface area contributed by atoms with Crippen molar-refractivity contribution in [2.45, 2.75) is 50.2 Å². The first-order valence-corrected chi connectivity index (χ1v) is 6.53. The van der Waals surface area contributed by atoms with E-state index in [1.54, 1.807) is 6.92 Å². The number of halogens is 2. The number of ether oxygens (including phenoxy) is 1. The van der Waals surface area contributed by atoms with Gasteiger partial charge in [0, 0.05) is 6.20 Å². The standard InChI is InChI=1S/C12H17F2N3O4/c1-2-3-6(18)8-9(19)12(13,14)10(21-8)17-5-4-7(15)16-11(17)20/h4-6,8-10,18-19H,2-3H2,1H3,(H2,15,16,20)/t6-,8+,9+,10+/m0/s1. The highest BCUT2D eigenvalue weighted by Gasteiger charge is 2.61. The van der Waals surface area contributed by atoms with E-state index < -0.39 is 36.2 Å². The third-order valence-corrected chi connectivity index (χ3v) is 3.39. The summed E-state index contributed by atoms with van der Waals surface area (Å²) in [6, 6.07) is 1.17. The summed E-state index contributed by atoms with van der Waals surface area (Å²) in [7, 11) is 0. The molecule has 1 aliphatic heterocycles. The lowest BCUT2D eigenvalue weighted by Gasteiger charge is -2.21. The minimum Gasteiger partial charge on any atom is -0.390 e. The Labute approximate surface area is 119 Å². The molecule has 7 nitrogen and oxygen atoms in total. The molecule has 2 rings (SSSR count). The number of aliphatic hydroxyl groups is 2. The van der Waals surface area contributed by atoms with E-state index in [0.29, 0.717) is 11.0 Å². The molecule has 0 saturated carbocycles. The van der Waals surface area contributed by atoms with E-state index >= 15 is 0 Å². The van der Waals surface area contributed by atoms with E-state index in [1.807, 2.05) is 0 Å². The van der Waals surface area contributed by atoms with Crippen LogP contribution < -0.4 is 11.4 Å². The van der Waals surface area contributed by atoms with Crippen molar-refractivity contribution in [3.8, 4) is 0 Å². The van der Waals surface area contributed by atoms with Crippen molar-refractivity contribution in [1.82, 2.24) is 9.55 Å². The lowest BCUT2D eigenvalue weighted by molar-refractivity contribution is -0.141. The van der Waals surface area contributed by atoms with Crippen LogP contribution in [0.1, 0.15) is 26.0 Å². The molecule has 0 bridgehead atoms. The molecule has 0 amide bonds. The number of nitrogens with zero attached hydrogens (tertiary/aromatic N) is 2. The third kappa shape index (κ3) is 2.76. The first-order chi connectivity index (χ1) is 9.78. The van der Waals surface area contributed by atoms with Crippen molar-refractivity contribution in [2.75, 3.05) is 5.73 Å². The van der Waals surface area contributed by atoms with E-state index in [0.717, 1.165) is 6.20 Å². The first kappa shape index (κ1) is 15.8. The summed E-state index contributed by atoms with van der Waals surface area (Å²) in [4.78, 5) is 15.0. The lowest BCUT2D eigenvalue weighted by Crippen LogP contribution is -2.43. The number of hydrogen-bond donors (Lipinski definition) is 3. The second-order valence-electron chi connectivity index (χ2n) is 4.97. The van der Waals surface area contributed by atoms with Gasteiger partial charge < -0.3 is 20.7 Å². The molecule has 1 fully saturated rings. The maximum absolute atomic E-state index is 14.1. The number of nitrogens with two attached hydrogens (primary N) is 1. The van der Waals surface area contributed by atoms with Gasteiger partial charge in [-0.15, -0.1) is 0 Å². The Morgan fingerprint density at radius 2 is 2.29 bits per heavy atom. The Balaban J connectivity index is 2.34. The number of anilines is 1. The molecule has 4 N–H and O–H groups in total. The van der Waals surface area contributed by atoms with Crippen molar-refractivity contribution in [3.63, 3.8) is 0 Å². The number of alkyl halides is 2. The lowest BCUT2D eigenvalue weighted by atomic mass is 10.0. The van der Waals surface area contributed by atoms with Gasteiger partial charge in [-0.1, -0.05) is 13.3 Å². The van der Waals surface area contributed by atoms with Gasteiger partial charge in [0.1, 0.15) is 11.9 Å². The fourth-order valence-corrected chi connectivity index (χ4v) is 2.30. The van der Waals surface area contributed by atoms with Gasteiger partial charge in [-0.3, -0.25) is 4.57 Å². The number of aromatic nitrogens is 2. The summed E-state index contributed by atoms with van der Waals surface area (Å²) in [5, 5.41) is 19.5.